The average molecular weight is 751 g/mol. The summed E-state index contributed by atoms with van der Waals surface area (Å²) in [5.41, 5.74) is 4.76. The van der Waals surface area contributed by atoms with Gasteiger partial charge in [0.25, 0.3) is 5.91 Å². The van der Waals surface area contributed by atoms with Crippen LogP contribution in [-0.4, -0.2) is 82.6 Å². The van der Waals surface area contributed by atoms with E-state index in [9.17, 15) is 24.0 Å². The zero-order valence-corrected chi connectivity index (χ0v) is 34.5. The van der Waals surface area contributed by atoms with Crippen molar-refractivity contribution < 1.29 is 28.8 Å². The van der Waals surface area contributed by atoms with Crippen LogP contribution in [0.15, 0.2) is 0 Å². The number of nitrogens with one attached hydrogen (secondary N) is 1. The first kappa shape index (κ1) is 41.0. The molecule has 2 heterocycles. The number of likely N-dealkylation sites (tertiary alicyclic amines) is 1. The van der Waals surface area contributed by atoms with Crippen LogP contribution in [0.2, 0.25) is 0 Å². The number of amides is 3. The number of carbonyl (C=O) groups is 6. The minimum Gasteiger partial charge on any atom is -0.363 e. The van der Waals surface area contributed by atoms with E-state index < -0.39 is 40.9 Å². The highest BCUT2D eigenvalue weighted by Crippen LogP contribution is 2.88. The van der Waals surface area contributed by atoms with Crippen LogP contribution in [0.5, 0.6) is 0 Å². The summed E-state index contributed by atoms with van der Waals surface area (Å²) in [6.45, 7) is 16.5. The molecule has 4 saturated carbocycles. The summed E-state index contributed by atoms with van der Waals surface area (Å²) in [4.78, 5) is 87.1. The molecule has 0 aromatic rings. The summed E-state index contributed by atoms with van der Waals surface area (Å²) in [6.07, 6.45) is 12.6. The van der Waals surface area contributed by atoms with E-state index in [0.29, 0.717) is 38.4 Å². The van der Waals surface area contributed by atoms with E-state index in [1.54, 1.807) is 4.90 Å². The van der Waals surface area contributed by atoms with Gasteiger partial charge < -0.3 is 20.9 Å². The predicted octanol–water partition coefficient (Wildman–Crippen LogP) is 6.02. The third-order valence-electron chi connectivity index (χ3n) is 16.0. The molecule has 6 rings (SSSR count). The third-order valence-corrected chi connectivity index (χ3v) is 16.0. The van der Waals surface area contributed by atoms with Gasteiger partial charge in [-0.25, -0.2) is 0 Å². The lowest BCUT2D eigenvalue weighted by Crippen LogP contribution is -2.57. The van der Waals surface area contributed by atoms with Gasteiger partial charge in [0.05, 0.1) is 6.04 Å². The van der Waals surface area contributed by atoms with Crippen LogP contribution in [0.25, 0.3) is 0 Å². The van der Waals surface area contributed by atoms with Crippen LogP contribution in [-0.2, 0) is 28.8 Å². The second-order valence-corrected chi connectivity index (χ2v) is 20.5. The van der Waals surface area contributed by atoms with E-state index in [1.807, 2.05) is 25.7 Å². The third kappa shape index (κ3) is 7.47. The minimum absolute atomic E-state index is 0.0244. The molecular formula is C44H70N4O6. The molecule has 2 saturated heterocycles. The van der Waals surface area contributed by atoms with E-state index in [0.717, 1.165) is 70.6 Å². The van der Waals surface area contributed by atoms with Crippen molar-refractivity contribution in [3.63, 3.8) is 0 Å². The molecule has 0 aromatic carbocycles. The largest absolute Gasteiger partial charge is 0.363 e. The molecule has 3 amide bonds. The van der Waals surface area contributed by atoms with Gasteiger partial charge in [0.1, 0.15) is 5.78 Å². The molecule has 0 aromatic heterocycles. The molecule has 2 spiro atoms. The number of carbonyl (C=O) groups excluding carboxylic acids is 6. The van der Waals surface area contributed by atoms with Crippen LogP contribution >= 0.6 is 0 Å². The van der Waals surface area contributed by atoms with Crippen LogP contribution in [0, 0.1) is 51.2 Å². The van der Waals surface area contributed by atoms with Gasteiger partial charge in [-0.15, -0.1) is 0 Å². The van der Waals surface area contributed by atoms with Gasteiger partial charge in [0, 0.05) is 74.1 Å². The molecule has 2 aliphatic heterocycles. The Bertz CT molecular complexity index is 1480. The number of hydrogen-bond donors (Lipinski definition) is 2. The second-order valence-electron chi connectivity index (χ2n) is 20.5. The molecule has 6 fully saturated rings. The monoisotopic (exact) mass is 751 g/mol. The smallest absolute Gasteiger partial charge is 0.285 e. The highest BCUT2D eigenvalue weighted by Gasteiger charge is 2.85. The van der Waals surface area contributed by atoms with E-state index in [1.165, 1.54) is 0 Å². The summed E-state index contributed by atoms with van der Waals surface area (Å²) in [6, 6.07) is -0.351. The maximum absolute atomic E-state index is 15.1. The summed E-state index contributed by atoms with van der Waals surface area (Å²) in [7, 11) is 0. The van der Waals surface area contributed by atoms with Crippen molar-refractivity contribution >= 4 is 35.1 Å². The van der Waals surface area contributed by atoms with Gasteiger partial charge in [-0.2, -0.15) is 0 Å². The Hall–Kier alpha value is -2.62. The normalized spacial score (nSPS) is 31.0. The predicted molar refractivity (Wildman–Crippen MR) is 208 cm³/mol. The Kier molecular flexibility index (Phi) is 11.7. The number of Topliss-reactive ketones (excluding diaryl/α,β-unsaturated/α-hetero) is 3. The lowest BCUT2D eigenvalue weighted by Gasteiger charge is -2.40. The van der Waals surface area contributed by atoms with Crippen molar-refractivity contribution in [2.75, 3.05) is 19.6 Å². The molecule has 0 radical (unpaired) electrons. The van der Waals surface area contributed by atoms with Gasteiger partial charge in [-0.1, -0.05) is 79.6 Å². The standard InChI is InChI=1S/C44H70N4O6/c1-27-24-47(25-28(2)46-27)39(53)33(30-15-9-8-10-16-30)21-32(49)22-34(41(3,4)5)40(54)48-26-44(42(6,7)43(44)17-12-18-43)23-35(48)36(50)20-31(37(51)38(45)52)19-29-13-11-14-29/h27-31,33-35,46H,8-26H2,1-7H3,(H2,45,52)/t27-,28+,31?,33-,34+,35-,44+/m0/s1. The molecule has 3 N–H and O–H groups in total. The Morgan fingerprint density at radius 3 is 1.93 bits per heavy atom. The van der Waals surface area contributed by atoms with E-state index in [2.05, 4.69) is 33.0 Å². The van der Waals surface area contributed by atoms with Gasteiger partial charge >= 0.3 is 0 Å². The van der Waals surface area contributed by atoms with Gasteiger partial charge in [-0.05, 0) is 80.5 Å². The number of piperazine rings is 1. The molecule has 6 aliphatic rings. The summed E-state index contributed by atoms with van der Waals surface area (Å²) < 4.78 is 0. The van der Waals surface area contributed by atoms with Crippen LogP contribution in [0.4, 0.5) is 0 Å². The Morgan fingerprint density at radius 1 is 0.796 bits per heavy atom. The maximum Gasteiger partial charge on any atom is 0.285 e. The number of ketones is 3. The van der Waals surface area contributed by atoms with Crippen LogP contribution < -0.4 is 11.1 Å². The van der Waals surface area contributed by atoms with Crippen molar-refractivity contribution in [3.05, 3.63) is 0 Å². The molecule has 10 heteroatoms. The fourth-order valence-electron chi connectivity index (χ4n) is 12.4. The molecule has 302 valence electrons. The Balaban J connectivity index is 1.24. The number of fused-ring (bicyclic) bond motifs is 1. The fraction of sp³-hybridized carbons (Fsp3) is 0.864. The molecule has 0 bridgehead atoms. The van der Waals surface area contributed by atoms with Gasteiger partial charge in [-0.3, -0.25) is 28.8 Å². The van der Waals surface area contributed by atoms with Crippen LogP contribution in [0.1, 0.15) is 151 Å². The number of nitrogens with zero attached hydrogens (tertiary/aromatic N) is 2. The number of rotatable bonds is 14. The summed E-state index contributed by atoms with van der Waals surface area (Å²) in [5.74, 6) is -3.39. The maximum atomic E-state index is 15.1. The van der Waals surface area contributed by atoms with E-state index in [-0.39, 0.29) is 76.9 Å². The van der Waals surface area contributed by atoms with E-state index in [4.69, 9.17) is 5.73 Å². The molecule has 10 nitrogen and oxygen atoms in total. The lowest BCUT2D eigenvalue weighted by molar-refractivity contribution is -0.147. The van der Waals surface area contributed by atoms with Crippen molar-refractivity contribution in [2.24, 2.45) is 57.0 Å². The first-order chi connectivity index (χ1) is 25.3. The quantitative estimate of drug-likeness (QED) is 0.207. The fourth-order valence-corrected chi connectivity index (χ4v) is 12.4. The SMILES string of the molecule is C[C@@H]1CN(C(=O)[C@@H](CC(=O)C[C@H](C(=O)N2C[C@]3(C[C@H]2C(=O)CC(CC2CCC2)C(=O)C(N)=O)C(C)(C)C32CCC2)C(C)(C)C)C2CCCCC2)C[C@H](C)N1. The van der Waals surface area contributed by atoms with Crippen molar-refractivity contribution in [2.45, 2.75) is 169 Å². The number of nitrogens with two attached hydrogens (primary N) is 1. The Morgan fingerprint density at radius 2 is 1.43 bits per heavy atom. The highest BCUT2D eigenvalue weighted by atomic mass is 16.2. The molecule has 4 aliphatic carbocycles. The molecular weight excluding hydrogens is 681 g/mol. The van der Waals surface area contributed by atoms with Crippen molar-refractivity contribution in [3.8, 4) is 0 Å². The van der Waals surface area contributed by atoms with Crippen molar-refractivity contribution in [1.82, 2.24) is 15.1 Å². The van der Waals surface area contributed by atoms with Gasteiger partial charge in [0.2, 0.25) is 17.6 Å². The number of hydrogen-bond acceptors (Lipinski definition) is 7. The van der Waals surface area contributed by atoms with Crippen LogP contribution in [0.3, 0.4) is 0 Å². The zero-order valence-electron chi connectivity index (χ0n) is 34.5. The zero-order chi connectivity index (χ0) is 39.4. The lowest BCUT2D eigenvalue weighted by atomic mass is 9.73. The Labute approximate surface area is 324 Å². The van der Waals surface area contributed by atoms with Gasteiger partial charge in [0.15, 0.2) is 5.78 Å². The first-order valence-electron chi connectivity index (χ1n) is 21.6. The topological polar surface area (TPSA) is 147 Å². The molecule has 54 heavy (non-hydrogen) atoms. The van der Waals surface area contributed by atoms with E-state index >= 15 is 4.79 Å². The average Bonchev–Trinajstić information content (AvgIpc) is 3.27. The summed E-state index contributed by atoms with van der Waals surface area (Å²) in [5, 5.41) is 3.51. The summed E-state index contributed by atoms with van der Waals surface area (Å²) >= 11 is 0. The first-order valence-corrected chi connectivity index (χ1v) is 21.6. The molecule has 7 atom stereocenters. The minimum atomic E-state index is -1.00. The second kappa shape index (κ2) is 15.4. The van der Waals surface area contributed by atoms with Crippen molar-refractivity contribution in [1.29, 1.82) is 0 Å². The highest BCUT2D eigenvalue weighted by molar-refractivity contribution is 6.36. The number of primary amides is 1. The molecule has 1 unspecified atom stereocenters.